The summed E-state index contributed by atoms with van der Waals surface area (Å²) < 4.78 is 2.17. The van der Waals surface area contributed by atoms with E-state index in [1.165, 1.54) is 0 Å². The summed E-state index contributed by atoms with van der Waals surface area (Å²) in [5.41, 5.74) is 4.07. The zero-order valence-electron chi connectivity index (χ0n) is 14.1. The van der Waals surface area contributed by atoms with E-state index in [4.69, 9.17) is 4.98 Å². The van der Waals surface area contributed by atoms with Gasteiger partial charge in [-0.25, -0.2) is 0 Å². The normalized spacial score (nSPS) is 12.0. The van der Waals surface area contributed by atoms with Crippen LogP contribution < -0.4 is 0 Å². The standard InChI is InChI=1S/C22H18N2OSe/c25-19(14-16-8-3-1-4-9-16)20-21(17-10-5-2-6-11-17)26-22(24-20)18-12-7-13-23-15-18/h1-13,15,19,25H,14H2. The molecule has 0 amide bonds. The van der Waals surface area contributed by atoms with Gasteiger partial charge in [-0.15, -0.1) is 0 Å². The summed E-state index contributed by atoms with van der Waals surface area (Å²) in [6, 6.07) is 24.3. The van der Waals surface area contributed by atoms with Gasteiger partial charge in [0, 0.05) is 0 Å². The number of benzene rings is 2. The average Bonchev–Trinajstić information content (AvgIpc) is 3.16. The number of hydrogen-bond donors (Lipinski definition) is 1. The maximum absolute atomic E-state index is 10.9. The van der Waals surface area contributed by atoms with E-state index in [-0.39, 0.29) is 14.5 Å². The van der Waals surface area contributed by atoms with E-state index >= 15 is 0 Å². The van der Waals surface area contributed by atoms with Crippen LogP contribution >= 0.6 is 0 Å². The quantitative estimate of drug-likeness (QED) is 0.508. The molecule has 0 saturated heterocycles. The van der Waals surface area contributed by atoms with Crippen LogP contribution in [0.15, 0.2) is 85.2 Å². The van der Waals surface area contributed by atoms with Crippen molar-refractivity contribution in [2.24, 2.45) is 0 Å². The summed E-state index contributed by atoms with van der Waals surface area (Å²) in [6.45, 7) is 0. The van der Waals surface area contributed by atoms with Gasteiger partial charge in [0.1, 0.15) is 0 Å². The first-order valence-corrected chi connectivity index (χ1v) is 10.2. The van der Waals surface area contributed by atoms with Crippen LogP contribution in [-0.2, 0) is 6.42 Å². The Morgan fingerprint density at radius 2 is 1.54 bits per heavy atom. The van der Waals surface area contributed by atoms with E-state index in [0.29, 0.717) is 6.42 Å². The van der Waals surface area contributed by atoms with Crippen molar-refractivity contribution in [2.75, 3.05) is 0 Å². The second-order valence-corrected chi connectivity index (χ2v) is 8.14. The molecule has 0 aliphatic carbocycles. The molecule has 1 unspecified atom stereocenters. The molecule has 2 heterocycles. The van der Waals surface area contributed by atoms with Crippen LogP contribution in [0.1, 0.15) is 17.4 Å². The van der Waals surface area contributed by atoms with E-state index < -0.39 is 6.10 Å². The summed E-state index contributed by atoms with van der Waals surface area (Å²) in [4.78, 5) is 9.06. The molecule has 1 atom stereocenters. The molecule has 0 bridgehead atoms. The third-order valence-corrected chi connectivity index (χ3v) is 6.64. The Labute approximate surface area is 158 Å². The number of nitrogens with zero attached hydrogens (tertiary/aromatic N) is 2. The molecule has 128 valence electrons. The summed E-state index contributed by atoms with van der Waals surface area (Å²) in [5.74, 6) is 0. The van der Waals surface area contributed by atoms with Gasteiger partial charge in [-0.2, -0.15) is 0 Å². The molecular weight excluding hydrogens is 387 g/mol. The zero-order valence-corrected chi connectivity index (χ0v) is 15.8. The summed E-state index contributed by atoms with van der Waals surface area (Å²) >= 11 is 0.0391. The van der Waals surface area contributed by atoms with E-state index in [2.05, 4.69) is 17.1 Å². The molecule has 0 saturated carbocycles. The molecule has 2 aromatic heterocycles. The molecule has 1 N–H and O–H groups in total. The van der Waals surface area contributed by atoms with Crippen molar-refractivity contribution in [3.05, 3.63) is 96.4 Å². The average molecular weight is 405 g/mol. The molecule has 4 aromatic rings. The topological polar surface area (TPSA) is 46.0 Å². The van der Waals surface area contributed by atoms with Gasteiger partial charge in [-0.05, 0) is 0 Å². The fourth-order valence-electron chi connectivity index (χ4n) is 2.90. The summed E-state index contributed by atoms with van der Waals surface area (Å²) in [7, 11) is 0. The van der Waals surface area contributed by atoms with Crippen molar-refractivity contribution in [3.8, 4) is 20.1 Å². The van der Waals surface area contributed by atoms with Gasteiger partial charge in [0.15, 0.2) is 0 Å². The number of aliphatic hydroxyl groups excluding tert-OH is 1. The first-order valence-electron chi connectivity index (χ1n) is 8.50. The molecule has 0 fully saturated rings. The minimum absolute atomic E-state index is 0.0391. The zero-order chi connectivity index (χ0) is 17.8. The molecule has 0 aliphatic heterocycles. The fraction of sp³-hybridized carbons (Fsp3) is 0.0909. The molecule has 0 aliphatic rings. The van der Waals surface area contributed by atoms with Crippen molar-refractivity contribution >= 4 is 14.5 Å². The van der Waals surface area contributed by atoms with E-state index in [9.17, 15) is 5.11 Å². The number of hydrogen-bond acceptors (Lipinski definition) is 3. The summed E-state index contributed by atoms with van der Waals surface area (Å²) in [5, 5.41) is 10.9. The van der Waals surface area contributed by atoms with Gasteiger partial charge in [0.25, 0.3) is 0 Å². The number of aliphatic hydroxyl groups is 1. The molecule has 4 heteroatoms. The predicted molar refractivity (Wildman–Crippen MR) is 105 cm³/mol. The van der Waals surface area contributed by atoms with Crippen LogP contribution in [0.25, 0.3) is 20.1 Å². The van der Waals surface area contributed by atoms with Crippen molar-refractivity contribution < 1.29 is 5.11 Å². The van der Waals surface area contributed by atoms with Crippen LogP contribution in [0.2, 0.25) is 0 Å². The summed E-state index contributed by atoms with van der Waals surface area (Å²) in [6.07, 6.45) is 3.55. The monoisotopic (exact) mass is 406 g/mol. The third kappa shape index (κ3) is 3.68. The number of aromatic nitrogens is 2. The predicted octanol–water partition coefficient (Wildman–Crippen LogP) is 4.14. The fourth-order valence-corrected chi connectivity index (χ4v) is 5.24. The van der Waals surface area contributed by atoms with Crippen LogP contribution in [0.3, 0.4) is 0 Å². The van der Waals surface area contributed by atoms with Gasteiger partial charge >= 0.3 is 159 Å². The van der Waals surface area contributed by atoms with Gasteiger partial charge in [0.05, 0.1) is 0 Å². The van der Waals surface area contributed by atoms with E-state index in [1.807, 2.05) is 66.9 Å². The van der Waals surface area contributed by atoms with Crippen LogP contribution in [-0.4, -0.2) is 29.6 Å². The van der Waals surface area contributed by atoms with Crippen molar-refractivity contribution in [1.29, 1.82) is 0 Å². The van der Waals surface area contributed by atoms with Gasteiger partial charge in [-0.3, -0.25) is 0 Å². The Balaban J connectivity index is 1.75. The van der Waals surface area contributed by atoms with Crippen LogP contribution in [0.5, 0.6) is 0 Å². The second kappa shape index (κ2) is 7.79. The second-order valence-electron chi connectivity index (χ2n) is 6.05. The maximum atomic E-state index is 10.9. The van der Waals surface area contributed by atoms with Crippen LogP contribution in [0.4, 0.5) is 0 Å². The Morgan fingerprint density at radius 1 is 0.846 bits per heavy atom. The molecule has 4 rings (SSSR count). The van der Waals surface area contributed by atoms with Gasteiger partial charge in [0.2, 0.25) is 0 Å². The number of rotatable bonds is 5. The van der Waals surface area contributed by atoms with Gasteiger partial charge in [-0.1, -0.05) is 0 Å². The van der Waals surface area contributed by atoms with Gasteiger partial charge < -0.3 is 0 Å². The Bertz CT molecular complexity index is 969. The van der Waals surface area contributed by atoms with Crippen molar-refractivity contribution in [1.82, 2.24) is 9.97 Å². The van der Waals surface area contributed by atoms with Crippen molar-refractivity contribution in [2.45, 2.75) is 12.5 Å². The molecule has 3 nitrogen and oxygen atoms in total. The van der Waals surface area contributed by atoms with Crippen LogP contribution in [0, 0.1) is 0 Å². The SMILES string of the molecule is OC(Cc1ccccc1)c1nc(-c2cccnc2)[se]c1-c1ccccc1. The Hall–Kier alpha value is -2.52. The van der Waals surface area contributed by atoms with E-state index in [0.717, 1.165) is 31.4 Å². The molecule has 0 spiro atoms. The molecule has 0 radical (unpaired) electrons. The molecule has 2 aromatic carbocycles. The Morgan fingerprint density at radius 3 is 2.23 bits per heavy atom. The Kier molecular flexibility index (Phi) is 5.07. The first kappa shape index (κ1) is 16.9. The third-order valence-electron chi connectivity index (χ3n) is 4.19. The number of pyridine rings is 1. The minimum atomic E-state index is -0.622. The first-order chi connectivity index (χ1) is 12.8. The van der Waals surface area contributed by atoms with E-state index in [1.54, 1.807) is 6.20 Å². The molecular formula is C22H18N2OSe. The molecule has 26 heavy (non-hydrogen) atoms. The van der Waals surface area contributed by atoms with Crippen molar-refractivity contribution in [3.63, 3.8) is 0 Å².